The van der Waals surface area contributed by atoms with Crippen LogP contribution in [0.15, 0.2) is 71.8 Å². The van der Waals surface area contributed by atoms with Crippen molar-refractivity contribution in [3.63, 3.8) is 0 Å². The summed E-state index contributed by atoms with van der Waals surface area (Å²) in [6.45, 7) is 1.34. The molecule has 0 saturated heterocycles. The quantitative estimate of drug-likeness (QED) is 0.209. The van der Waals surface area contributed by atoms with Crippen molar-refractivity contribution in [1.82, 2.24) is 15.4 Å². The molecule has 0 fully saturated rings. The fourth-order valence-corrected chi connectivity index (χ4v) is 3.17. The van der Waals surface area contributed by atoms with E-state index in [2.05, 4.69) is 20.5 Å². The first-order valence-corrected chi connectivity index (χ1v) is 9.74. The Labute approximate surface area is 182 Å². The van der Waals surface area contributed by atoms with Crippen LogP contribution in [0.5, 0.6) is 5.75 Å². The second-order valence-corrected chi connectivity index (χ2v) is 7.07. The third-order valence-corrected chi connectivity index (χ3v) is 4.72. The molecule has 0 aliphatic rings. The first-order chi connectivity index (χ1) is 15.0. The van der Waals surface area contributed by atoms with Crippen LogP contribution < -0.4 is 10.2 Å². The van der Waals surface area contributed by atoms with Crippen molar-refractivity contribution < 1.29 is 14.3 Å². The van der Waals surface area contributed by atoms with Gasteiger partial charge in [0.15, 0.2) is 0 Å². The highest BCUT2D eigenvalue weighted by atomic mass is 35.5. The highest BCUT2D eigenvalue weighted by molar-refractivity contribution is 6.33. The number of aromatic nitrogens is 2. The van der Waals surface area contributed by atoms with E-state index in [4.69, 9.17) is 16.3 Å². The Morgan fingerprint density at radius 1 is 1.10 bits per heavy atom. The van der Waals surface area contributed by atoms with Gasteiger partial charge in [-0.1, -0.05) is 23.7 Å². The number of aromatic amines is 1. The lowest BCUT2D eigenvalue weighted by Crippen LogP contribution is -2.17. The van der Waals surface area contributed by atoms with Gasteiger partial charge in [0.2, 0.25) is 0 Å². The predicted octanol–water partition coefficient (Wildman–Crippen LogP) is 4.57. The molecule has 7 nitrogen and oxygen atoms in total. The molecule has 0 aliphatic carbocycles. The maximum absolute atomic E-state index is 12.4. The van der Waals surface area contributed by atoms with E-state index in [0.29, 0.717) is 27.7 Å². The van der Waals surface area contributed by atoms with Crippen molar-refractivity contribution in [3.05, 3.63) is 82.9 Å². The zero-order valence-electron chi connectivity index (χ0n) is 16.4. The van der Waals surface area contributed by atoms with Crippen LogP contribution in [0.2, 0.25) is 5.02 Å². The molecule has 0 radical (unpaired) electrons. The van der Waals surface area contributed by atoms with Crippen molar-refractivity contribution in [2.75, 3.05) is 0 Å². The molecule has 4 rings (SSSR count). The van der Waals surface area contributed by atoms with Gasteiger partial charge in [-0.15, -0.1) is 0 Å². The number of ether oxygens (including phenoxy) is 1. The highest BCUT2D eigenvalue weighted by Gasteiger charge is 2.11. The van der Waals surface area contributed by atoms with Crippen LogP contribution in [-0.2, 0) is 4.79 Å². The average Bonchev–Trinajstić information content (AvgIpc) is 3.18. The minimum atomic E-state index is -0.387. The highest BCUT2D eigenvalue weighted by Crippen LogP contribution is 2.27. The SMILES string of the molecule is CC(=O)Oc1ccc(/C=N/NC(=O)c2ccc3nc(-c4ccccc4Cl)[nH]c3c2)cc1. The van der Waals surface area contributed by atoms with Crippen molar-refractivity contribution in [2.24, 2.45) is 5.10 Å². The summed E-state index contributed by atoms with van der Waals surface area (Å²) >= 11 is 6.24. The Hall–Kier alpha value is -3.97. The lowest BCUT2D eigenvalue weighted by atomic mass is 10.2. The lowest BCUT2D eigenvalue weighted by Gasteiger charge is -2.01. The summed E-state index contributed by atoms with van der Waals surface area (Å²) in [5.41, 5.74) is 5.90. The number of amides is 1. The van der Waals surface area contributed by atoms with Gasteiger partial charge in [0.05, 0.1) is 22.3 Å². The molecule has 1 heterocycles. The summed E-state index contributed by atoms with van der Waals surface area (Å²) in [6.07, 6.45) is 1.50. The second kappa shape index (κ2) is 8.81. The van der Waals surface area contributed by atoms with Crippen molar-refractivity contribution in [3.8, 4) is 17.1 Å². The van der Waals surface area contributed by atoms with E-state index in [1.807, 2.05) is 18.2 Å². The number of esters is 1. The van der Waals surface area contributed by atoms with Crippen LogP contribution in [0, 0.1) is 0 Å². The number of hydrogen-bond acceptors (Lipinski definition) is 5. The Bertz CT molecular complexity index is 1300. The third-order valence-electron chi connectivity index (χ3n) is 4.39. The summed E-state index contributed by atoms with van der Waals surface area (Å²) in [5.74, 6) is 0.330. The molecule has 0 atom stereocenters. The number of fused-ring (bicyclic) bond motifs is 1. The molecule has 0 aliphatic heterocycles. The van der Waals surface area contributed by atoms with Crippen molar-refractivity contribution >= 4 is 40.7 Å². The summed E-state index contributed by atoms with van der Waals surface area (Å²) < 4.78 is 4.97. The van der Waals surface area contributed by atoms with E-state index in [0.717, 1.165) is 16.6 Å². The molecule has 4 aromatic rings. The number of imidazole rings is 1. The fraction of sp³-hybridized carbons (Fsp3) is 0.0435. The molecule has 0 spiro atoms. The monoisotopic (exact) mass is 432 g/mol. The van der Waals surface area contributed by atoms with Gasteiger partial charge in [0.1, 0.15) is 11.6 Å². The molecule has 31 heavy (non-hydrogen) atoms. The molecule has 0 saturated carbocycles. The number of nitrogens with zero attached hydrogens (tertiary/aromatic N) is 2. The summed E-state index contributed by atoms with van der Waals surface area (Å²) in [7, 11) is 0. The van der Waals surface area contributed by atoms with E-state index < -0.39 is 0 Å². The number of halogens is 1. The number of hydrazone groups is 1. The number of H-pyrrole nitrogens is 1. The molecular formula is C23H17ClN4O3. The largest absolute Gasteiger partial charge is 0.427 e. The first-order valence-electron chi connectivity index (χ1n) is 9.36. The number of rotatable bonds is 5. The van der Waals surface area contributed by atoms with Gasteiger partial charge >= 0.3 is 5.97 Å². The van der Waals surface area contributed by atoms with E-state index in [-0.39, 0.29) is 11.9 Å². The van der Waals surface area contributed by atoms with Gasteiger partial charge in [0.25, 0.3) is 5.91 Å². The number of hydrogen-bond donors (Lipinski definition) is 2. The van der Waals surface area contributed by atoms with E-state index in [1.54, 1.807) is 48.5 Å². The first kappa shape index (κ1) is 20.3. The lowest BCUT2D eigenvalue weighted by molar-refractivity contribution is -0.131. The van der Waals surface area contributed by atoms with Crippen LogP contribution in [0.1, 0.15) is 22.8 Å². The van der Waals surface area contributed by atoms with Crippen LogP contribution in [0.25, 0.3) is 22.4 Å². The van der Waals surface area contributed by atoms with Crippen molar-refractivity contribution in [2.45, 2.75) is 6.92 Å². The van der Waals surface area contributed by atoms with Crippen LogP contribution >= 0.6 is 11.6 Å². The van der Waals surface area contributed by atoms with E-state index in [1.165, 1.54) is 13.1 Å². The van der Waals surface area contributed by atoms with Gasteiger partial charge < -0.3 is 9.72 Å². The van der Waals surface area contributed by atoms with Crippen molar-refractivity contribution in [1.29, 1.82) is 0 Å². The Kier molecular flexibility index (Phi) is 5.77. The normalized spacial score (nSPS) is 11.0. The predicted molar refractivity (Wildman–Crippen MR) is 119 cm³/mol. The van der Waals surface area contributed by atoms with Crippen LogP contribution in [0.3, 0.4) is 0 Å². The van der Waals surface area contributed by atoms with Gasteiger partial charge in [-0.2, -0.15) is 5.10 Å². The van der Waals surface area contributed by atoms with E-state index >= 15 is 0 Å². The average molecular weight is 433 g/mol. The fourth-order valence-electron chi connectivity index (χ4n) is 2.95. The maximum Gasteiger partial charge on any atom is 0.308 e. The molecule has 2 N–H and O–H groups in total. The number of carbonyl (C=O) groups is 2. The molecule has 0 unspecified atom stereocenters. The molecule has 8 heteroatoms. The summed E-state index contributed by atoms with van der Waals surface area (Å²) in [4.78, 5) is 31.1. The van der Waals surface area contributed by atoms with Gasteiger partial charge in [-0.05, 0) is 60.2 Å². The number of benzene rings is 3. The molecule has 1 amide bonds. The Morgan fingerprint density at radius 2 is 1.87 bits per heavy atom. The van der Waals surface area contributed by atoms with Crippen LogP contribution in [0.4, 0.5) is 0 Å². The summed E-state index contributed by atoms with van der Waals surface area (Å²) in [6, 6.07) is 19.3. The number of carbonyl (C=O) groups excluding carboxylic acids is 2. The minimum Gasteiger partial charge on any atom is -0.427 e. The molecule has 3 aromatic carbocycles. The molecule has 0 bridgehead atoms. The smallest absolute Gasteiger partial charge is 0.308 e. The summed E-state index contributed by atoms with van der Waals surface area (Å²) in [5, 5.41) is 4.57. The second-order valence-electron chi connectivity index (χ2n) is 6.66. The van der Waals surface area contributed by atoms with E-state index in [9.17, 15) is 9.59 Å². The van der Waals surface area contributed by atoms with Crippen LogP contribution in [-0.4, -0.2) is 28.1 Å². The third kappa shape index (κ3) is 4.79. The van der Waals surface area contributed by atoms with Gasteiger partial charge in [-0.3, -0.25) is 9.59 Å². The zero-order valence-corrected chi connectivity index (χ0v) is 17.2. The zero-order chi connectivity index (χ0) is 21.8. The van der Waals surface area contributed by atoms with Gasteiger partial charge in [0, 0.05) is 18.1 Å². The molecule has 154 valence electrons. The minimum absolute atomic E-state index is 0.358. The molecular weight excluding hydrogens is 416 g/mol. The standard InChI is InChI=1S/C23H17ClN4O3/c1-14(29)31-17-9-6-15(7-10-17)13-25-28-23(30)16-8-11-20-21(12-16)27-22(26-20)18-4-2-3-5-19(18)24/h2-13H,1H3,(H,26,27)(H,28,30)/b25-13+. The topological polar surface area (TPSA) is 96.4 Å². The maximum atomic E-state index is 12.4. The van der Waals surface area contributed by atoms with Gasteiger partial charge in [-0.25, -0.2) is 10.4 Å². The Balaban J connectivity index is 1.46. The Morgan fingerprint density at radius 3 is 2.61 bits per heavy atom. The molecule has 1 aromatic heterocycles. The number of nitrogens with one attached hydrogen (secondary N) is 2.